The van der Waals surface area contributed by atoms with E-state index in [-0.39, 0.29) is 24.3 Å². The van der Waals surface area contributed by atoms with Gasteiger partial charge in [-0.25, -0.2) is 0 Å². The van der Waals surface area contributed by atoms with Gasteiger partial charge in [0.05, 0.1) is 24.2 Å². The van der Waals surface area contributed by atoms with Gasteiger partial charge in [-0.05, 0) is 83.2 Å². The number of aliphatic hydroxyl groups is 2. The molecule has 232 valence electrons. The summed E-state index contributed by atoms with van der Waals surface area (Å²) in [4.78, 5) is 22.4. The number of rotatable bonds is 6. The fraction of sp³-hybridized carbons (Fsp3) is 0.657. The van der Waals surface area contributed by atoms with Crippen molar-refractivity contribution in [2.24, 2.45) is 5.92 Å². The number of carbonyl (C=O) groups excluding carboxylic acids is 1. The third-order valence-corrected chi connectivity index (χ3v) is 9.52. The summed E-state index contributed by atoms with van der Waals surface area (Å²) in [5.41, 5.74) is 0.908. The van der Waals surface area contributed by atoms with Gasteiger partial charge in [-0.3, -0.25) is 14.7 Å². The molecule has 0 amide bonds. The van der Waals surface area contributed by atoms with Gasteiger partial charge >= 0.3 is 5.97 Å². The summed E-state index contributed by atoms with van der Waals surface area (Å²) in [6.07, 6.45) is 17.7. The van der Waals surface area contributed by atoms with E-state index >= 15 is 0 Å². The molecule has 2 saturated heterocycles. The van der Waals surface area contributed by atoms with Crippen LogP contribution in [0.5, 0.6) is 0 Å². The molecule has 0 aromatic carbocycles. The van der Waals surface area contributed by atoms with Crippen LogP contribution in [0.1, 0.15) is 90.7 Å². The van der Waals surface area contributed by atoms with Crippen molar-refractivity contribution in [1.29, 1.82) is 0 Å². The number of pyridine rings is 1. The van der Waals surface area contributed by atoms with Gasteiger partial charge in [0.2, 0.25) is 0 Å². The molecule has 0 bridgehead atoms. The topological polar surface area (TPSA) is 86.1 Å². The molecule has 6 atom stereocenters. The number of ether oxygens (including phenoxy) is 1. The molecule has 2 fully saturated rings. The van der Waals surface area contributed by atoms with Gasteiger partial charge in [-0.1, -0.05) is 56.7 Å². The average molecular weight is 580 g/mol. The number of esters is 1. The first kappa shape index (κ1) is 32.6. The van der Waals surface area contributed by atoms with Crippen LogP contribution in [0.2, 0.25) is 0 Å². The molecule has 4 heterocycles. The lowest BCUT2D eigenvalue weighted by Gasteiger charge is -2.46. The number of piperidine rings is 2. The Hall–Kier alpha value is -2.32. The summed E-state index contributed by atoms with van der Waals surface area (Å²) in [6, 6.07) is 6.37. The van der Waals surface area contributed by atoms with E-state index < -0.39 is 23.8 Å². The van der Waals surface area contributed by atoms with E-state index in [1.807, 2.05) is 44.2 Å². The first-order chi connectivity index (χ1) is 20.1. The van der Waals surface area contributed by atoms with E-state index in [2.05, 4.69) is 46.9 Å². The number of cyclic esters (lactones) is 1. The van der Waals surface area contributed by atoms with Crippen molar-refractivity contribution in [1.82, 2.24) is 14.8 Å². The summed E-state index contributed by atoms with van der Waals surface area (Å²) in [5.74, 6) is -0.362. The molecule has 0 unspecified atom stereocenters. The summed E-state index contributed by atoms with van der Waals surface area (Å²) >= 11 is 0. The monoisotopic (exact) mass is 579 g/mol. The van der Waals surface area contributed by atoms with Gasteiger partial charge in [0.25, 0.3) is 0 Å². The highest BCUT2D eigenvalue weighted by Gasteiger charge is 2.38. The van der Waals surface area contributed by atoms with Crippen LogP contribution in [0, 0.1) is 5.92 Å². The lowest BCUT2D eigenvalue weighted by Crippen LogP contribution is -2.55. The number of carbonyl (C=O) groups is 1. The molecule has 4 rings (SSSR count). The molecular formula is C35H53N3O4. The molecule has 0 saturated carbocycles. The minimum absolute atomic E-state index is 0.0747. The Morgan fingerprint density at radius 2 is 1.83 bits per heavy atom. The van der Waals surface area contributed by atoms with E-state index in [0.29, 0.717) is 18.9 Å². The van der Waals surface area contributed by atoms with Crippen LogP contribution in [-0.4, -0.2) is 87.0 Å². The molecule has 1 aromatic heterocycles. The Kier molecular flexibility index (Phi) is 12.0. The van der Waals surface area contributed by atoms with Crippen molar-refractivity contribution >= 4 is 5.97 Å². The molecule has 0 spiro atoms. The molecular weight excluding hydrogens is 526 g/mol. The molecule has 1 aromatic rings. The number of aromatic nitrogens is 1. The van der Waals surface area contributed by atoms with Gasteiger partial charge in [0.1, 0.15) is 6.10 Å². The fourth-order valence-corrected chi connectivity index (χ4v) is 6.84. The maximum absolute atomic E-state index is 12.8. The molecule has 42 heavy (non-hydrogen) atoms. The molecule has 7 nitrogen and oxygen atoms in total. The predicted molar refractivity (Wildman–Crippen MR) is 168 cm³/mol. The molecule has 2 N–H and O–H groups in total. The van der Waals surface area contributed by atoms with Gasteiger partial charge < -0.3 is 19.8 Å². The Labute approximate surface area is 253 Å². The minimum atomic E-state index is -1.02. The number of nitrogens with zero attached hydrogens (tertiary/aromatic N) is 3. The molecule has 0 aliphatic carbocycles. The second-order valence-electron chi connectivity index (χ2n) is 13.1. The van der Waals surface area contributed by atoms with Crippen molar-refractivity contribution in [3.63, 3.8) is 0 Å². The molecule has 7 heteroatoms. The van der Waals surface area contributed by atoms with Crippen LogP contribution in [-0.2, 0) is 9.53 Å². The normalized spacial score (nSPS) is 32.7. The smallest absolute Gasteiger partial charge is 0.309 e. The Morgan fingerprint density at radius 1 is 1.10 bits per heavy atom. The van der Waals surface area contributed by atoms with Crippen LogP contribution in [0.4, 0.5) is 0 Å². The maximum atomic E-state index is 12.8. The van der Waals surface area contributed by atoms with E-state index in [9.17, 15) is 15.0 Å². The standard InChI is InChI=1S/C35H53N3O4/c1-26(31-13-6-7-20-36-31)11-10-12-27(2)34-28(3)14-15-32(35(4,41)19-16-30(39)25-33(40)42-34)38-23-17-29(18-24-38)37-21-8-5-9-22-37/h6-7,10-15,20,26,28-30,32,34,39,41H,5,8-9,16-19,21-25H2,1-4H3/t26-,28+,30-,32+,34-,35-/m1/s1. The number of hydrogen-bond acceptors (Lipinski definition) is 7. The highest BCUT2D eigenvalue weighted by atomic mass is 16.5. The second kappa shape index (κ2) is 15.4. The largest absolute Gasteiger partial charge is 0.457 e. The van der Waals surface area contributed by atoms with Crippen molar-refractivity contribution in [3.05, 3.63) is 66.0 Å². The third kappa shape index (κ3) is 9.09. The second-order valence-corrected chi connectivity index (χ2v) is 13.1. The Balaban J connectivity index is 1.50. The zero-order valence-electron chi connectivity index (χ0n) is 26.2. The molecule has 3 aliphatic rings. The lowest BCUT2D eigenvalue weighted by atomic mass is 9.85. The third-order valence-electron chi connectivity index (χ3n) is 9.52. The van der Waals surface area contributed by atoms with Crippen LogP contribution in [0.25, 0.3) is 0 Å². The van der Waals surface area contributed by atoms with E-state index in [0.717, 1.165) is 37.2 Å². The van der Waals surface area contributed by atoms with E-state index in [4.69, 9.17) is 4.74 Å². The summed E-state index contributed by atoms with van der Waals surface area (Å²) in [7, 11) is 0. The summed E-state index contributed by atoms with van der Waals surface area (Å²) in [6.45, 7) is 12.3. The van der Waals surface area contributed by atoms with Gasteiger partial charge in [0, 0.05) is 42.9 Å². The lowest BCUT2D eigenvalue weighted by molar-refractivity contribution is -0.151. The average Bonchev–Trinajstić information content (AvgIpc) is 2.99. The van der Waals surface area contributed by atoms with Gasteiger partial charge in [-0.15, -0.1) is 0 Å². The minimum Gasteiger partial charge on any atom is -0.457 e. The maximum Gasteiger partial charge on any atom is 0.309 e. The molecule has 0 radical (unpaired) electrons. The fourth-order valence-electron chi connectivity index (χ4n) is 6.84. The van der Waals surface area contributed by atoms with Crippen molar-refractivity contribution < 1.29 is 19.7 Å². The Bertz CT molecular complexity index is 1070. The SMILES string of the molecule is CC(=CC=C[C@@H](C)c1ccccn1)[C@H]1OC(=O)C[C@H](O)CC[C@@](C)(O)[C@@H](N2CCC(N3CCCCC3)CC2)C=C[C@@H]1C. The number of allylic oxidation sites excluding steroid dienone is 3. The molecule has 3 aliphatic heterocycles. The van der Waals surface area contributed by atoms with E-state index in [1.54, 1.807) is 6.20 Å². The zero-order chi connectivity index (χ0) is 30.1. The first-order valence-corrected chi connectivity index (χ1v) is 16.2. The predicted octanol–water partition coefficient (Wildman–Crippen LogP) is 5.41. The van der Waals surface area contributed by atoms with Crippen LogP contribution in [0.3, 0.4) is 0 Å². The van der Waals surface area contributed by atoms with Crippen molar-refractivity contribution in [2.45, 2.75) is 115 Å². The quantitative estimate of drug-likeness (QED) is 0.265. The van der Waals surface area contributed by atoms with Crippen molar-refractivity contribution in [2.75, 3.05) is 26.2 Å². The van der Waals surface area contributed by atoms with Crippen LogP contribution >= 0.6 is 0 Å². The number of likely N-dealkylation sites (tertiary alicyclic amines) is 2. The van der Waals surface area contributed by atoms with Crippen LogP contribution in [0.15, 0.2) is 60.3 Å². The van der Waals surface area contributed by atoms with E-state index in [1.165, 1.54) is 32.4 Å². The highest BCUT2D eigenvalue weighted by molar-refractivity contribution is 5.70. The van der Waals surface area contributed by atoms with Crippen molar-refractivity contribution in [3.8, 4) is 0 Å². The van der Waals surface area contributed by atoms with Gasteiger partial charge in [-0.2, -0.15) is 0 Å². The number of hydrogen-bond donors (Lipinski definition) is 2. The van der Waals surface area contributed by atoms with Gasteiger partial charge in [0.15, 0.2) is 0 Å². The summed E-state index contributed by atoms with van der Waals surface area (Å²) < 4.78 is 5.98. The number of aliphatic hydroxyl groups excluding tert-OH is 1. The zero-order valence-corrected chi connectivity index (χ0v) is 26.2. The Morgan fingerprint density at radius 3 is 2.52 bits per heavy atom. The summed E-state index contributed by atoms with van der Waals surface area (Å²) in [5, 5.41) is 22.4. The first-order valence-electron chi connectivity index (χ1n) is 16.2. The van der Waals surface area contributed by atoms with Crippen LogP contribution < -0.4 is 0 Å². The highest BCUT2D eigenvalue weighted by Crippen LogP contribution is 2.31.